The van der Waals surface area contributed by atoms with Crippen LogP contribution in [0.3, 0.4) is 0 Å². The zero-order chi connectivity index (χ0) is 26.6. The average Bonchev–Trinajstić information content (AvgIpc) is 2.92. The van der Waals surface area contributed by atoms with Gasteiger partial charge in [-0.05, 0) is 18.6 Å². The number of nitrogens with zero attached hydrogens (tertiary/aromatic N) is 2. The number of unbranched alkanes of at least 4 members (excludes halogenated alkanes) is 8. The molecule has 0 unspecified atom stereocenters. The van der Waals surface area contributed by atoms with E-state index >= 15 is 0 Å². The van der Waals surface area contributed by atoms with Gasteiger partial charge in [0.15, 0.2) is 23.3 Å². The van der Waals surface area contributed by atoms with Crippen LogP contribution in [0.4, 0.5) is 13.2 Å². The van der Waals surface area contributed by atoms with Gasteiger partial charge in [-0.25, -0.2) is 23.1 Å². The lowest BCUT2D eigenvalue weighted by molar-refractivity contribution is 0.299. The fourth-order valence-corrected chi connectivity index (χ4v) is 4.15. The van der Waals surface area contributed by atoms with Gasteiger partial charge in [0.2, 0.25) is 0 Å². The lowest BCUT2D eigenvalue weighted by Gasteiger charge is -2.16. The fourth-order valence-electron chi connectivity index (χ4n) is 4.15. The molecule has 0 aliphatic rings. The molecule has 0 saturated carbocycles. The second kappa shape index (κ2) is 14.4. The van der Waals surface area contributed by atoms with Crippen molar-refractivity contribution in [2.24, 2.45) is 0 Å². The molecule has 0 fully saturated rings. The number of aromatic nitrogens is 2. The molecule has 5 nitrogen and oxygen atoms in total. The Labute approximate surface area is 217 Å². The summed E-state index contributed by atoms with van der Waals surface area (Å²) in [5.41, 5.74) is 1.22. The van der Waals surface area contributed by atoms with E-state index in [2.05, 4.69) is 16.9 Å². The molecule has 0 N–H and O–H groups in total. The van der Waals surface area contributed by atoms with Gasteiger partial charge < -0.3 is 14.2 Å². The molecule has 200 valence electrons. The molecule has 0 atom stereocenters. The van der Waals surface area contributed by atoms with E-state index in [4.69, 9.17) is 14.2 Å². The smallest absolute Gasteiger partial charge is 0.194 e. The molecule has 0 saturated heterocycles. The van der Waals surface area contributed by atoms with Crippen LogP contribution in [-0.2, 0) is 0 Å². The van der Waals surface area contributed by atoms with Crippen LogP contribution in [0.5, 0.6) is 17.2 Å². The second-order valence-electron chi connectivity index (χ2n) is 8.93. The lowest BCUT2D eigenvalue weighted by Crippen LogP contribution is -2.01. The van der Waals surface area contributed by atoms with E-state index < -0.39 is 17.5 Å². The first-order valence-electron chi connectivity index (χ1n) is 12.8. The van der Waals surface area contributed by atoms with Crippen molar-refractivity contribution in [2.45, 2.75) is 64.7 Å². The Morgan fingerprint density at radius 2 is 1.19 bits per heavy atom. The summed E-state index contributed by atoms with van der Waals surface area (Å²) in [5.74, 6) is -2.43. The van der Waals surface area contributed by atoms with E-state index in [1.807, 2.05) is 0 Å². The third kappa shape index (κ3) is 7.84. The Morgan fingerprint density at radius 1 is 0.676 bits per heavy atom. The van der Waals surface area contributed by atoms with Gasteiger partial charge in [-0.1, -0.05) is 58.3 Å². The van der Waals surface area contributed by atoms with E-state index in [9.17, 15) is 13.2 Å². The third-order valence-electron chi connectivity index (χ3n) is 6.18. The van der Waals surface area contributed by atoms with Crippen LogP contribution in [0.15, 0.2) is 36.7 Å². The monoisotopic (exact) mass is 516 g/mol. The molecule has 8 heteroatoms. The summed E-state index contributed by atoms with van der Waals surface area (Å²) in [7, 11) is 3.09. The van der Waals surface area contributed by atoms with E-state index in [1.54, 1.807) is 26.4 Å². The van der Waals surface area contributed by atoms with Crippen LogP contribution in [0.1, 0.15) is 64.7 Å². The number of benzene rings is 2. The quantitative estimate of drug-likeness (QED) is 0.151. The largest absolute Gasteiger partial charge is 0.496 e. The van der Waals surface area contributed by atoms with E-state index in [-0.39, 0.29) is 11.4 Å². The lowest BCUT2D eigenvalue weighted by atomic mass is 10.1. The first-order valence-corrected chi connectivity index (χ1v) is 12.8. The van der Waals surface area contributed by atoms with Crippen LogP contribution in [0.2, 0.25) is 0 Å². The van der Waals surface area contributed by atoms with Gasteiger partial charge in [-0.15, -0.1) is 0 Å². The van der Waals surface area contributed by atoms with Crippen molar-refractivity contribution >= 4 is 0 Å². The van der Waals surface area contributed by atoms with Gasteiger partial charge in [0, 0.05) is 35.7 Å². The van der Waals surface area contributed by atoms with Crippen LogP contribution in [0.25, 0.3) is 22.5 Å². The molecule has 0 bridgehead atoms. The predicted octanol–water partition coefficient (Wildman–Crippen LogP) is 8.15. The maximum absolute atomic E-state index is 13.6. The predicted molar refractivity (Wildman–Crippen MR) is 139 cm³/mol. The summed E-state index contributed by atoms with van der Waals surface area (Å²) in [6.07, 6.45) is 14.1. The molecule has 0 aliphatic heterocycles. The first kappa shape index (κ1) is 28.3. The van der Waals surface area contributed by atoms with Crippen molar-refractivity contribution in [1.82, 2.24) is 9.97 Å². The highest BCUT2D eigenvalue weighted by Crippen LogP contribution is 2.41. The van der Waals surface area contributed by atoms with Crippen molar-refractivity contribution in [3.63, 3.8) is 0 Å². The number of halogens is 3. The summed E-state index contributed by atoms with van der Waals surface area (Å²) >= 11 is 0. The SMILES string of the molecule is CCCCCCCCCCCOc1cc(OC)c(-c2cnc(-c3cc(F)c(F)c(F)c3)nc2)c(OC)c1. The van der Waals surface area contributed by atoms with E-state index in [0.29, 0.717) is 35.0 Å². The second-order valence-corrected chi connectivity index (χ2v) is 8.93. The maximum Gasteiger partial charge on any atom is 0.194 e. The molecular weight excluding hydrogens is 481 g/mol. The molecule has 1 aromatic heterocycles. The van der Waals surface area contributed by atoms with E-state index in [1.165, 1.54) is 57.3 Å². The summed E-state index contributed by atoms with van der Waals surface area (Å²) in [6.45, 7) is 2.83. The molecule has 3 rings (SSSR count). The van der Waals surface area contributed by atoms with Crippen molar-refractivity contribution in [1.29, 1.82) is 0 Å². The molecular formula is C29H35F3N2O3. The molecule has 37 heavy (non-hydrogen) atoms. The molecule has 1 heterocycles. The maximum atomic E-state index is 13.6. The van der Waals surface area contributed by atoms with Crippen LogP contribution < -0.4 is 14.2 Å². The summed E-state index contributed by atoms with van der Waals surface area (Å²) in [5, 5.41) is 0. The molecule has 2 aromatic carbocycles. The Balaban J connectivity index is 1.64. The molecule has 3 aromatic rings. The Bertz CT molecular complexity index is 1090. The van der Waals surface area contributed by atoms with Gasteiger partial charge in [0.05, 0.1) is 26.4 Å². The van der Waals surface area contributed by atoms with Crippen LogP contribution in [0, 0.1) is 17.5 Å². The standard InChI is InChI=1S/C29H35F3N2O3/c1-4-5-6-7-8-9-10-11-12-13-37-22-16-25(35-2)27(26(17-22)36-3)21-18-33-29(34-19-21)20-14-23(30)28(32)24(31)15-20/h14-19H,4-13H2,1-3H3. The minimum absolute atomic E-state index is 0.0297. The van der Waals surface area contributed by atoms with Crippen molar-refractivity contribution in [3.8, 4) is 39.8 Å². The van der Waals surface area contributed by atoms with Crippen LogP contribution in [-0.4, -0.2) is 30.8 Å². The van der Waals surface area contributed by atoms with Gasteiger partial charge in [-0.3, -0.25) is 0 Å². The molecule has 0 amide bonds. The fraction of sp³-hybridized carbons (Fsp3) is 0.448. The minimum atomic E-state index is -1.53. The average molecular weight is 517 g/mol. The number of rotatable bonds is 15. The van der Waals surface area contributed by atoms with Crippen molar-refractivity contribution in [2.75, 3.05) is 20.8 Å². The highest BCUT2D eigenvalue weighted by atomic mass is 19.2. The Hall–Kier alpha value is -3.29. The number of hydrogen-bond acceptors (Lipinski definition) is 5. The van der Waals surface area contributed by atoms with Gasteiger partial charge in [0.1, 0.15) is 17.2 Å². The topological polar surface area (TPSA) is 53.5 Å². The highest BCUT2D eigenvalue weighted by Gasteiger charge is 2.18. The number of ether oxygens (including phenoxy) is 3. The van der Waals surface area contributed by atoms with Gasteiger partial charge >= 0.3 is 0 Å². The van der Waals surface area contributed by atoms with Crippen LogP contribution >= 0.6 is 0 Å². The first-order chi connectivity index (χ1) is 18.0. The van der Waals surface area contributed by atoms with Gasteiger partial charge in [0.25, 0.3) is 0 Å². The zero-order valence-electron chi connectivity index (χ0n) is 21.8. The Morgan fingerprint density at radius 3 is 1.70 bits per heavy atom. The van der Waals surface area contributed by atoms with E-state index in [0.717, 1.165) is 25.0 Å². The highest BCUT2D eigenvalue weighted by molar-refractivity contribution is 5.77. The minimum Gasteiger partial charge on any atom is -0.496 e. The van der Waals surface area contributed by atoms with Gasteiger partial charge in [-0.2, -0.15) is 0 Å². The molecule has 0 spiro atoms. The Kier molecular flexibility index (Phi) is 11.0. The molecule has 0 radical (unpaired) electrons. The van der Waals surface area contributed by atoms with Crippen molar-refractivity contribution < 1.29 is 27.4 Å². The zero-order valence-corrected chi connectivity index (χ0v) is 21.8. The van der Waals surface area contributed by atoms with Crippen molar-refractivity contribution in [3.05, 3.63) is 54.1 Å². The summed E-state index contributed by atoms with van der Waals surface area (Å²) < 4.78 is 57.6. The number of methoxy groups -OCH3 is 2. The number of hydrogen-bond donors (Lipinski definition) is 0. The summed E-state index contributed by atoms with van der Waals surface area (Å²) in [4.78, 5) is 8.41. The normalized spacial score (nSPS) is 11.0. The summed E-state index contributed by atoms with van der Waals surface area (Å²) in [6, 6.07) is 5.27. The molecule has 0 aliphatic carbocycles. The third-order valence-corrected chi connectivity index (χ3v) is 6.18.